The summed E-state index contributed by atoms with van der Waals surface area (Å²) in [6.45, 7) is 5.41. The van der Waals surface area contributed by atoms with Gasteiger partial charge in [0.25, 0.3) is 0 Å². The van der Waals surface area contributed by atoms with Gasteiger partial charge in [-0.25, -0.2) is 9.97 Å². The molecule has 0 bridgehead atoms. The fraction of sp³-hybridized carbons (Fsp3) is 0.333. The summed E-state index contributed by atoms with van der Waals surface area (Å²) in [6.07, 6.45) is 1.76. The maximum Gasteiger partial charge on any atom is 0.227 e. The van der Waals surface area contributed by atoms with E-state index in [0.717, 1.165) is 37.7 Å². The molecule has 2 aromatic rings. The molecule has 5 heteroatoms. The van der Waals surface area contributed by atoms with Crippen molar-refractivity contribution in [1.82, 2.24) is 9.97 Å². The zero-order chi connectivity index (χ0) is 13.8. The van der Waals surface area contributed by atoms with Gasteiger partial charge in [-0.1, -0.05) is 6.07 Å². The number of morpholine rings is 1. The molecule has 0 spiro atoms. The first kappa shape index (κ1) is 12.9. The molecule has 20 heavy (non-hydrogen) atoms. The van der Waals surface area contributed by atoms with Gasteiger partial charge in [-0.15, -0.1) is 0 Å². The van der Waals surface area contributed by atoms with E-state index in [1.54, 1.807) is 6.20 Å². The lowest BCUT2D eigenvalue weighted by Gasteiger charge is -2.29. The molecule has 1 aromatic carbocycles. The summed E-state index contributed by atoms with van der Waals surface area (Å²) in [7, 11) is 0. The molecule has 1 aliphatic rings. The summed E-state index contributed by atoms with van der Waals surface area (Å²) in [5.74, 6) is 0.629. The van der Waals surface area contributed by atoms with Crippen LogP contribution in [0.5, 0.6) is 0 Å². The molecule has 104 valence electrons. The second-order valence-corrected chi connectivity index (χ2v) is 4.80. The minimum atomic E-state index is 0.629. The summed E-state index contributed by atoms with van der Waals surface area (Å²) >= 11 is 0. The van der Waals surface area contributed by atoms with Crippen LogP contribution in [-0.2, 0) is 4.74 Å². The third-order valence-corrected chi connectivity index (χ3v) is 3.27. The predicted octanol–water partition coefficient (Wildman–Crippen LogP) is 2.37. The molecule has 0 aliphatic carbocycles. The first-order chi connectivity index (χ1) is 9.81. The number of nitrogens with zero attached hydrogens (tertiary/aromatic N) is 3. The first-order valence-electron chi connectivity index (χ1n) is 6.81. The molecule has 1 aliphatic heterocycles. The molecule has 0 amide bonds. The Kier molecular flexibility index (Phi) is 3.78. The van der Waals surface area contributed by atoms with Crippen molar-refractivity contribution in [1.29, 1.82) is 0 Å². The van der Waals surface area contributed by atoms with Crippen LogP contribution < -0.4 is 10.2 Å². The maximum atomic E-state index is 5.38. The van der Waals surface area contributed by atoms with E-state index >= 15 is 0 Å². The fourth-order valence-corrected chi connectivity index (χ4v) is 2.24. The summed E-state index contributed by atoms with van der Waals surface area (Å²) in [6, 6.07) is 10.2. The van der Waals surface area contributed by atoms with Gasteiger partial charge in [0, 0.05) is 36.4 Å². The average molecular weight is 270 g/mol. The molecule has 1 aromatic heterocycles. The summed E-state index contributed by atoms with van der Waals surface area (Å²) < 4.78 is 5.38. The Bertz CT molecular complexity index is 582. The number of rotatable bonds is 3. The van der Waals surface area contributed by atoms with Crippen molar-refractivity contribution in [3.8, 4) is 0 Å². The van der Waals surface area contributed by atoms with Crippen molar-refractivity contribution >= 4 is 17.3 Å². The summed E-state index contributed by atoms with van der Waals surface area (Å²) in [5, 5.41) is 3.24. The second-order valence-electron chi connectivity index (χ2n) is 4.80. The van der Waals surface area contributed by atoms with Gasteiger partial charge < -0.3 is 15.0 Å². The first-order valence-corrected chi connectivity index (χ1v) is 6.81. The normalized spacial score (nSPS) is 15.2. The van der Waals surface area contributed by atoms with Gasteiger partial charge >= 0.3 is 0 Å². The third-order valence-electron chi connectivity index (χ3n) is 3.27. The quantitative estimate of drug-likeness (QED) is 0.928. The number of hydrogen-bond donors (Lipinski definition) is 1. The number of aromatic nitrogens is 2. The van der Waals surface area contributed by atoms with Gasteiger partial charge in [0.15, 0.2) is 0 Å². The highest BCUT2D eigenvalue weighted by Crippen LogP contribution is 2.22. The molecule has 2 heterocycles. The van der Waals surface area contributed by atoms with Crippen LogP contribution >= 0.6 is 0 Å². The Balaban J connectivity index is 1.77. The van der Waals surface area contributed by atoms with Crippen molar-refractivity contribution in [3.05, 3.63) is 42.2 Å². The molecule has 1 N–H and O–H groups in total. The van der Waals surface area contributed by atoms with Gasteiger partial charge in [-0.3, -0.25) is 0 Å². The SMILES string of the molecule is Cc1ccnc(Nc2cccc(N3CCOCC3)c2)n1. The van der Waals surface area contributed by atoms with Gasteiger partial charge in [0.1, 0.15) is 0 Å². The van der Waals surface area contributed by atoms with Gasteiger partial charge in [-0.2, -0.15) is 0 Å². The molecule has 5 nitrogen and oxygen atoms in total. The molecular formula is C15H18N4O. The largest absolute Gasteiger partial charge is 0.378 e. The highest BCUT2D eigenvalue weighted by Gasteiger charge is 2.11. The Morgan fingerprint density at radius 3 is 2.85 bits per heavy atom. The number of anilines is 3. The van der Waals surface area contributed by atoms with E-state index in [0.29, 0.717) is 5.95 Å². The van der Waals surface area contributed by atoms with Crippen LogP contribution in [0, 0.1) is 6.92 Å². The summed E-state index contributed by atoms with van der Waals surface area (Å²) in [5.41, 5.74) is 3.15. The molecule has 0 unspecified atom stereocenters. The van der Waals surface area contributed by atoms with E-state index in [-0.39, 0.29) is 0 Å². The Hall–Kier alpha value is -2.14. The minimum Gasteiger partial charge on any atom is -0.378 e. The number of hydrogen-bond acceptors (Lipinski definition) is 5. The van der Waals surface area contributed by atoms with E-state index < -0.39 is 0 Å². The number of nitrogens with one attached hydrogen (secondary N) is 1. The van der Waals surface area contributed by atoms with Crippen LogP contribution in [0.2, 0.25) is 0 Å². The molecule has 3 rings (SSSR count). The molecule has 1 saturated heterocycles. The molecule has 0 atom stereocenters. The molecule has 0 saturated carbocycles. The maximum absolute atomic E-state index is 5.38. The van der Waals surface area contributed by atoms with Crippen molar-refractivity contribution in [2.45, 2.75) is 6.92 Å². The lowest BCUT2D eigenvalue weighted by molar-refractivity contribution is 0.122. The Labute approximate surface area is 118 Å². The van der Waals surface area contributed by atoms with Gasteiger partial charge in [0.05, 0.1) is 13.2 Å². The lowest BCUT2D eigenvalue weighted by atomic mass is 10.2. The van der Waals surface area contributed by atoms with E-state index in [4.69, 9.17) is 4.74 Å². The van der Waals surface area contributed by atoms with Crippen molar-refractivity contribution in [2.24, 2.45) is 0 Å². The minimum absolute atomic E-state index is 0.629. The summed E-state index contributed by atoms with van der Waals surface area (Å²) in [4.78, 5) is 10.9. The number of benzene rings is 1. The van der Waals surface area contributed by atoms with Crippen LogP contribution in [-0.4, -0.2) is 36.3 Å². The van der Waals surface area contributed by atoms with E-state index in [9.17, 15) is 0 Å². The van der Waals surface area contributed by atoms with E-state index in [1.165, 1.54) is 5.69 Å². The van der Waals surface area contributed by atoms with Gasteiger partial charge in [-0.05, 0) is 31.2 Å². The zero-order valence-corrected chi connectivity index (χ0v) is 11.5. The van der Waals surface area contributed by atoms with E-state index in [2.05, 4.69) is 32.3 Å². The topological polar surface area (TPSA) is 50.3 Å². The fourth-order valence-electron chi connectivity index (χ4n) is 2.24. The highest BCUT2D eigenvalue weighted by molar-refractivity contribution is 5.62. The van der Waals surface area contributed by atoms with Crippen LogP contribution in [0.1, 0.15) is 5.69 Å². The zero-order valence-electron chi connectivity index (χ0n) is 11.5. The van der Waals surface area contributed by atoms with Crippen LogP contribution in [0.25, 0.3) is 0 Å². The van der Waals surface area contributed by atoms with Crippen molar-refractivity contribution in [3.63, 3.8) is 0 Å². The molecular weight excluding hydrogens is 252 g/mol. The van der Waals surface area contributed by atoms with Crippen LogP contribution in [0.3, 0.4) is 0 Å². The molecule has 0 radical (unpaired) electrons. The van der Waals surface area contributed by atoms with Crippen molar-refractivity contribution in [2.75, 3.05) is 36.5 Å². The highest BCUT2D eigenvalue weighted by atomic mass is 16.5. The number of ether oxygens (including phenoxy) is 1. The van der Waals surface area contributed by atoms with E-state index in [1.807, 2.05) is 25.1 Å². The van der Waals surface area contributed by atoms with Gasteiger partial charge in [0.2, 0.25) is 5.95 Å². The predicted molar refractivity (Wildman–Crippen MR) is 79.5 cm³/mol. The monoisotopic (exact) mass is 270 g/mol. The standard InChI is InChI=1S/C15H18N4O/c1-12-5-6-16-15(17-12)18-13-3-2-4-14(11-13)19-7-9-20-10-8-19/h2-6,11H,7-10H2,1H3,(H,16,17,18). The Morgan fingerprint density at radius 1 is 1.20 bits per heavy atom. The lowest BCUT2D eigenvalue weighted by Crippen LogP contribution is -2.36. The van der Waals surface area contributed by atoms with Crippen LogP contribution in [0.15, 0.2) is 36.5 Å². The average Bonchev–Trinajstić information content (AvgIpc) is 2.48. The Morgan fingerprint density at radius 2 is 2.05 bits per heavy atom. The number of aryl methyl sites for hydroxylation is 1. The smallest absolute Gasteiger partial charge is 0.227 e. The van der Waals surface area contributed by atoms with Crippen molar-refractivity contribution < 1.29 is 4.74 Å². The second kappa shape index (κ2) is 5.88. The van der Waals surface area contributed by atoms with Crippen LogP contribution in [0.4, 0.5) is 17.3 Å². The molecule has 1 fully saturated rings. The third kappa shape index (κ3) is 3.05.